The molecule has 0 aliphatic heterocycles. The van der Waals surface area contributed by atoms with Crippen molar-refractivity contribution in [2.24, 2.45) is 0 Å². The molecule has 12 nitrogen and oxygen atoms in total. The third-order valence-corrected chi connectivity index (χ3v) is 4.12. The fourth-order valence-corrected chi connectivity index (χ4v) is 3.71. The SMILES string of the molecule is O=P(O)(O)OC1[C@H](OP(=O)(O)O)CCC[C@H]1OP(=O)(O)O. The van der Waals surface area contributed by atoms with Crippen molar-refractivity contribution in [3.05, 3.63) is 0 Å². The summed E-state index contributed by atoms with van der Waals surface area (Å²) in [7, 11) is -15.1. The minimum atomic E-state index is -5.11. The van der Waals surface area contributed by atoms with Crippen LogP contribution in [0.2, 0.25) is 0 Å². The molecule has 0 heterocycles. The van der Waals surface area contributed by atoms with Gasteiger partial charge in [0.25, 0.3) is 0 Å². The van der Waals surface area contributed by atoms with E-state index >= 15 is 0 Å². The maximum absolute atomic E-state index is 10.9. The lowest BCUT2D eigenvalue weighted by Gasteiger charge is -2.36. The van der Waals surface area contributed by atoms with Gasteiger partial charge in [-0.1, -0.05) is 0 Å². The van der Waals surface area contributed by atoms with Gasteiger partial charge in [0.1, 0.15) is 6.10 Å². The topological polar surface area (TPSA) is 200 Å². The van der Waals surface area contributed by atoms with Gasteiger partial charge >= 0.3 is 23.5 Å². The average Bonchev–Trinajstić information content (AvgIpc) is 2.16. The van der Waals surface area contributed by atoms with Crippen LogP contribution >= 0.6 is 23.5 Å². The first-order valence-electron chi connectivity index (χ1n) is 5.49. The van der Waals surface area contributed by atoms with Crippen molar-refractivity contribution in [3.63, 3.8) is 0 Å². The summed E-state index contributed by atoms with van der Waals surface area (Å²) in [6.07, 6.45) is -4.64. The first kappa shape index (κ1) is 19.4. The van der Waals surface area contributed by atoms with Crippen molar-refractivity contribution in [1.82, 2.24) is 0 Å². The molecule has 0 unspecified atom stereocenters. The zero-order valence-corrected chi connectivity index (χ0v) is 13.0. The Hall–Kier alpha value is 0.330. The maximum Gasteiger partial charge on any atom is 0.470 e. The van der Waals surface area contributed by atoms with Gasteiger partial charge in [-0.25, -0.2) is 13.7 Å². The van der Waals surface area contributed by atoms with E-state index in [1.165, 1.54) is 0 Å². The molecular weight excluding hydrogens is 357 g/mol. The van der Waals surface area contributed by atoms with Gasteiger partial charge in [-0.2, -0.15) is 0 Å². The third-order valence-electron chi connectivity index (χ3n) is 2.51. The summed E-state index contributed by atoms with van der Waals surface area (Å²) in [4.78, 5) is 52.6. The van der Waals surface area contributed by atoms with Crippen LogP contribution in [0.3, 0.4) is 0 Å². The highest BCUT2D eigenvalue weighted by Gasteiger charge is 2.44. The summed E-state index contributed by atoms with van der Waals surface area (Å²) in [5.74, 6) is 0. The standard InChI is InChI=1S/C6H15O12P3/c7-19(8,9)16-4-2-1-3-5(17-20(10,11)12)6(4)18-21(13,14)15/h4-6H,1-3H2,(H2,7,8,9)(H2,10,11,12)(H2,13,14,15)/t4-,5-/m1/s1. The van der Waals surface area contributed by atoms with Gasteiger partial charge in [0.15, 0.2) is 0 Å². The molecule has 21 heavy (non-hydrogen) atoms. The summed E-state index contributed by atoms with van der Waals surface area (Å²) in [6.45, 7) is 0. The van der Waals surface area contributed by atoms with Gasteiger partial charge in [-0.05, 0) is 19.3 Å². The molecule has 1 aliphatic rings. The van der Waals surface area contributed by atoms with Crippen LogP contribution in [0, 0.1) is 0 Å². The van der Waals surface area contributed by atoms with Gasteiger partial charge in [0.2, 0.25) is 0 Å². The highest BCUT2D eigenvalue weighted by molar-refractivity contribution is 7.47. The van der Waals surface area contributed by atoms with Crippen molar-refractivity contribution in [3.8, 4) is 0 Å². The second-order valence-corrected chi connectivity index (χ2v) is 7.84. The van der Waals surface area contributed by atoms with E-state index in [0.717, 1.165) is 0 Å². The van der Waals surface area contributed by atoms with Gasteiger partial charge in [-0.15, -0.1) is 0 Å². The molecule has 1 rings (SSSR count). The molecule has 2 atom stereocenters. The number of rotatable bonds is 6. The van der Waals surface area contributed by atoms with E-state index in [1.807, 2.05) is 0 Å². The largest absolute Gasteiger partial charge is 0.470 e. The quantitative estimate of drug-likeness (QED) is 0.330. The van der Waals surface area contributed by atoms with E-state index in [4.69, 9.17) is 29.4 Å². The lowest BCUT2D eigenvalue weighted by Crippen LogP contribution is -2.44. The van der Waals surface area contributed by atoms with Crippen molar-refractivity contribution < 1.29 is 56.6 Å². The van der Waals surface area contributed by atoms with Gasteiger partial charge in [0.05, 0.1) is 12.2 Å². The Balaban J connectivity index is 2.98. The van der Waals surface area contributed by atoms with Crippen molar-refractivity contribution in [1.29, 1.82) is 0 Å². The summed E-state index contributed by atoms with van der Waals surface area (Å²) in [5.41, 5.74) is 0. The van der Waals surface area contributed by atoms with Crippen LogP contribution in [0.25, 0.3) is 0 Å². The van der Waals surface area contributed by atoms with Crippen molar-refractivity contribution in [2.75, 3.05) is 0 Å². The third kappa shape index (κ3) is 7.94. The normalized spacial score (nSPS) is 26.0. The predicted molar refractivity (Wildman–Crippen MR) is 64.6 cm³/mol. The zero-order valence-electron chi connectivity index (χ0n) is 10.3. The molecule has 0 saturated heterocycles. The lowest BCUT2D eigenvalue weighted by molar-refractivity contribution is -0.0750. The van der Waals surface area contributed by atoms with Crippen LogP contribution in [0.4, 0.5) is 0 Å². The predicted octanol–water partition coefficient (Wildman–Crippen LogP) is -0.396. The Bertz CT molecular complexity index is 455. The molecule has 0 bridgehead atoms. The first-order valence-corrected chi connectivity index (χ1v) is 10.1. The molecular formula is C6H15O12P3. The Morgan fingerprint density at radius 1 is 0.667 bits per heavy atom. The minimum absolute atomic E-state index is 0.0448. The molecule has 1 saturated carbocycles. The molecule has 0 aromatic rings. The van der Waals surface area contributed by atoms with Crippen molar-refractivity contribution >= 4 is 23.5 Å². The Morgan fingerprint density at radius 2 is 1.00 bits per heavy atom. The van der Waals surface area contributed by atoms with E-state index in [1.54, 1.807) is 0 Å². The molecule has 1 aliphatic carbocycles. The van der Waals surface area contributed by atoms with Crippen LogP contribution in [0.1, 0.15) is 19.3 Å². The van der Waals surface area contributed by atoms with Crippen LogP contribution in [-0.4, -0.2) is 47.7 Å². The van der Waals surface area contributed by atoms with E-state index < -0.39 is 41.8 Å². The van der Waals surface area contributed by atoms with E-state index in [2.05, 4.69) is 13.6 Å². The average molecular weight is 372 g/mol. The monoisotopic (exact) mass is 372 g/mol. The number of phosphoric acid groups is 3. The van der Waals surface area contributed by atoms with Crippen LogP contribution in [0.5, 0.6) is 0 Å². The summed E-state index contributed by atoms with van der Waals surface area (Å²) < 4.78 is 45.6. The number of phosphoric ester groups is 3. The van der Waals surface area contributed by atoms with E-state index in [9.17, 15) is 13.7 Å². The van der Waals surface area contributed by atoms with E-state index in [0.29, 0.717) is 0 Å². The molecule has 126 valence electrons. The molecule has 0 radical (unpaired) electrons. The smallest absolute Gasteiger partial charge is 0.303 e. The fraction of sp³-hybridized carbons (Fsp3) is 1.00. The molecule has 15 heteroatoms. The Labute approximate surface area is 118 Å². The molecule has 0 amide bonds. The second-order valence-electron chi connectivity index (χ2n) is 4.26. The van der Waals surface area contributed by atoms with Crippen LogP contribution in [-0.2, 0) is 27.3 Å². The molecule has 6 N–H and O–H groups in total. The van der Waals surface area contributed by atoms with Crippen LogP contribution < -0.4 is 0 Å². The molecule has 1 fully saturated rings. The maximum atomic E-state index is 10.9. The van der Waals surface area contributed by atoms with Gasteiger partial charge in [-0.3, -0.25) is 13.6 Å². The lowest BCUT2D eigenvalue weighted by atomic mass is 9.92. The molecule has 0 spiro atoms. The summed E-state index contributed by atoms with van der Waals surface area (Å²) in [6, 6.07) is 0. The molecule has 0 aromatic carbocycles. The molecule has 0 aromatic heterocycles. The van der Waals surface area contributed by atoms with Crippen LogP contribution in [0.15, 0.2) is 0 Å². The minimum Gasteiger partial charge on any atom is -0.303 e. The highest BCUT2D eigenvalue weighted by atomic mass is 31.2. The van der Waals surface area contributed by atoms with Gasteiger partial charge < -0.3 is 29.4 Å². The van der Waals surface area contributed by atoms with E-state index in [-0.39, 0.29) is 19.3 Å². The Kier molecular flexibility index (Phi) is 6.31. The van der Waals surface area contributed by atoms with Crippen molar-refractivity contribution in [2.45, 2.75) is 37.6 Å². The van der Waals surface area contributed by atoms with Gasteiger partial charge in [0, 0.05) is 0 Å². The number of hydrogen-bond acceptors (Lipinski definition) is 6. The summed E-state index contributed by atoms with van der Waals surface area (Å²) in [5, 5.41) is 0. The Morgan fingerprint density at radius 3 is 1.29 bits per heavy atom. The number of hydrogen-bond donors (Lipinski definition) is 6. The second kappa shape index (κ2) is 6.84. The summed E-state index contributed by atoms with van der Waals surface area (Å²) >= 11 is 0. The zero-order chi connectivity index (χ0) is 16.5. The fourth-order valence-electron chi connectivity index (χ4n) is 1.96. The highest BCUT2D eigenvalue weighted by Crippen LogP contribution is 2.49. The first-order chi connectivity index (χ1) is 9.27.